The quantitative estimate of drug-likeness (QED) is 0.270. The molecule has 2 fully saturated rings. The Bertz CT molecular complexity index is 673. The van der Waals surface area contributed by atoms with Gasteiger partial charge in [0.15, 0.2) is 0 Å². The van der Waals surface area contributed by atoms with Crippen molar-refractivity contribution in [1.82, 2.24) is 0 Å². The van der Waals surface area contributed by atoms with Crippen molar-refractivity contribution in [1.29, 1.82) is 0 Å². The molecule has 2 N–H and O–H groups in total. The third kappa shape index (κ3) is 4.89. The zero-order valence-electron chi connectivity index (χ0n) is 18.8. The maximum Gasteiger partial charge on any atom is 0.143 e. The number of carbonyl (C=O) groups is 1. The number of allylic oxidation sites excluding steroid dienone is 1. The van der Waals surface area contributed by atoms with Gasteiger partial charge in [-0.1, -0.05) is 37.7 Å². The summed E-state index contributed by atoms with van der Waals surface area (Å²) in [7, 11) is 0. The van der Waals surface area contributed by atoms with Gasteiger partial charge in [-0.05, 0) is 87.9 Å². The van der Waals surface area contributed by atoms with Crippen LogP contribution in [0.3, 0.4) is 0 Å². The predicted octanol–water partition coefficient (Wildman–Crippen LogP) is 5.18. The molecule has 0 aromatic rings. The molecule has 3 unspecified atom stereocenters. The lowest BCUT2D eigenvalue weighted by atomic mass is 9.59. The summed E-state index contributed by atoms with van der Waals surface area (Å²) in [6.45, 7) is 6.88. The number of hydrogen-bond donors (Lipinski definition) is 3. The Hall–Kier alpha value is -0.230. The molecular formula is C25H40O3S2. The number of hydrogen-bond acceptors (Lipinski definition) is 5. The third-order valence-corrected chi connectivity index (χ3v) is 9.71. The summed E-state index contributed by atoms with van der Waals surface area (Å²) in [5.74, 6) is 1.87. The summed E-state index contributed by atoms with van der Waals surface area (Å²) in [6.07, 6.45) is 9.97. The molecule has 0 radical (unpaired) electrons. The number of Topliss-reactive ketones (excluding diaryl/α,β-unsaturated/α-hetero) is 1. The Morgan fingerprint density at radius 2 is 2.03 bits per heavy atom. The molecule has 30 heavy (non-hydrogen) atoms. The van der Waals surface area contributed by atoms with Crippen molar-refractivity contribution in [3.8, 4) is 0 Å². The number of ketones is 1. The molecule has 2 saturated carbocycles. The first-order chi connectivity index (χ1) is 14.2. The summed E-state index contributed by atoms with van der Waals surface area (Å²) in [5, 5.41) is 20.1. The normalized spacial score (nSPS) is 38.7. The van der Waals surface area contributed by atoms with Crippen LogP contribution in [-0.2, 0) is 4.79 Å². The molecule has 0 aromatic heterocycles. The molecule has 0 amide bonds. The van der Waals surface area contributed by atoms with Gasteiger partial charge in [-0.2, -0.15) is 12.6 Å². The van der Waals surface area contributed by atoms with Crippen molar-refractivity contribution in [3.05, 3.63) is 11.6 Å². The Balaban J connectivity index is 1.75. The maximum atomic E-state index is 13.5. The number of aliphatic hydroxyl groups excluding tert-OH is 2. The van der Waals surface area contributed by atoms with E-state index in [-0.39, 0.29) is 35.2 Å². The Labute approximate surface area is 193 Å². The second kappa shape index (κ2) is 10.1. The SMILES string of the molecule is CC(S)C(=S)CC[C@@H](C)C1CCC([C@@H]2CC=C3C[C@@H](O)CC[C@@H]3C2=O)[C@]1(C)CCO. The molecule has 0 aromatic carbocycles. The highest BCUT2D eigenvalue weighted by atomic mass is 32.1. The lowest BCUT2D eigenvalue weighted by Crippen LogP contribution is -2.43. The van der Waals surface area contributed by atoms with E-state index in [1.165, 1.54) is 5.57 Å². The second-order valence-corrected chi connectivity index (χ2v) is 11.7. The first-order valence-electron chi connectivity index (χ1n) is 11.9. The minimum atomic E-state index is -0.278. The number of aliphatic hydroxyl groups is 2. The highest BCUT2D eigenvalue weighted by Crippen LogP contribution is 2.58. The zero-order valence-corrected chi connectivity index (χ0v) is 20.6. The first-order valence-corrected chi connectivity index (χ1v) is 12.8. The van der Waals surface area contributed by atoms with E-state index in [9.17, 15) is 15.0 Å². The van der Waals surface area contributed by atoms with E-state index in [2.05, 4.69) is 32.6 Å². The van der Waals surface area contributed by atoms with Gasteiger partial charge in [-0.15, -0.1) is 0 Å². The monoisotopic (exact) mass is 452 g/mol. The lowest BCUT2D eigenvalue weighted by molar-refractivity contribution is -0.131. The molecule has 0 saturated heterocycles. The average molecular weight is 453 g/mol. The van der Waals surface area contributed by atoms with Gasteiger partial charge in [0, 0.05) is 28.6 Å². The van der Waals surface area contributed by atoms with E-state index in [1.807, 2.05) is 6.92 Å². The van der Waals surface area contributed by atoms with E-state index in [4.69, 9.17) is 12.2 Å². The maximum absolute atomic E-state index is 13.5. The van der Waals surface area contributed by atoms with Crippen molar-refractivity contribution in [2.75, 3.05) is 6.61 Å². The van der Waals surface area contributed by atoms with Crippen LogP contribution in [0.2, 0.25) is 0 Å². The number of fused-ring (bicyclic) bond motifs is 1. The Morgan fingerprint density at radius 3 is 2.70 bits per heavy atom. The van der Waals surface area contributed by atoms with E-state index < -0.39 is 0 Å². The molecule has 3 aliphatic carbocycles. The largest absolute Gasteiger partial charge is 0.396 e. The Morgan fingerprint density at radius 1 is 1.30 bits per heavy atom. The molecule has 0 aliphatic heterocycles. The van der Waals surface area contributed by atoms with E-state index >= 15 is 0 Å². The molecule has 170 valence electrons. The van der Waals surface area contributed by atoms with Crippen LogP contribution in [-0.4, -0.2) is 38.8 Å². The summed E-state index contributed by atoms with van der Waals surface area (Å²) in [5.41, 5.74) is 1.17. The van der Waals surface area contributed by atoms with Crippen LogP contribution in [0.15, 0.2) is 11.6 Å². The molecule has 3 aliphatic rings. The highest BCUT2D eigenvalue weighted by molar-refractivity contribution is 7.86. The van der Waals surface area contributed by atoms with Crippen LogP contribution >= 0.6 is 24.8 Å². The van der Waals surface area contributed by atoms with Crippen LogP contribution < -0.4 is 0 Å². The molecule has 8 atom stereocenters. The van der Waals surface area contributed by atoms with Gasteiger partial charge in [0.1, 0.15) is 5.78 Å². The number of carbonyl (C=O) groups excluding carboxylic acids is 1. The highest BCUT2D eigenvalue weighted by Gasteiger charge is 2.53. The van der Waals surface area contributed by atoms with Gasteiger partial charge in [-0.25, -0.2) is 0 Å². The molecule has 3 rings (SSSR count). The molecule has 0 bridgehead atoms. The topological polar surface area (TPSA) is 57.5 Å². The molecule has 0 spiro atoms. The molecular weight excluding hydrogens is 412 g/mol. The standard InChI is InChI=1S/C25H40O3S2/c1-15(4-11-23(30)16(2)29)21-9-10-22(25(21,3)12-13-26)20-7-5-17-14-18(27)6-8-19(17)24(20)28/h5,15-16,18-22,26-27,29H,4,6-14H2,1-3H3/t15-,16?,18+,19+,20+,21?,22?,25-/m1/s1. The second-order valence-electron chi connectivity index (χ2n) is 10.4. The summed E-state index contributed by atoms with van der Waals surface area (Å²) < 4.78 is 0. The fraction of sp³-hybridized carbons (Fsp3) is 0.840. The van der Waals surface area contributed by atoms with Crippen LogP contribution in [0, 0.1) is 35.0 Å². The van der Waals surface area contributed by atoms with Gasteiger partial charge < -0.3 is 10.2 Å². The van der Waals surface area contributed by atoms with E-state index in [0.717, 1.165) is 56.2 Å². The van der Waals surface area contributed by atoms with Crippen molar-refractivity contribution in [3.63, 3.8) is 0 Å². The van der Waals surface area contributed by atoms with Gasteiger partial charge in [0.05, 0.1) is 6.10 Å². The average Bonchev–Trinajstić information content (AvgIpc) is 3.02. The van der Waals surface area contributed by atoms with Crippen LogP contribution in [0.4, 0.5) is 0 Å². The summed E-state index contributed by atoms with van der Waals surface area (Å²) in [6, 6.07) is 0. The van der Waals surface area contributed by atoms with E-state index in [1.54, 1.807) is 0 Å². The van der Waals surface area contributed by atoms with Gasteiger partial charge in [0.25, 0.3) is 0 Å². The predicted molar refractivity (Wildman–Crippen MR) is 130 cm³/mol. The minimum absolute atomic E-state index is 0.0117. The number of thiol groups is 1. The summed E-state index contributed by atoms with van der Waals surface area (Å²) in [4.78, 5) is 14.5. The zero-order chi connectivity index (χ0) is 22.1. The smallest absolute Gasteiger partial charge is 0.143 e. The van der Waals surface area contributed by atoms with Gasteiger partial charge in [-0.3, -0.25) is 4.79 Å². The van der Waals surface area contributed by atoms with Crippen molar-refractivity contribution >= 4 is 35.5 Å². The van der Waals surface area contributed by atoms with Crippen LogP contribution in [0.25, 0.3) is 0 Å². The molecule has 0 heterocycles. The van der Waals surface area contributed by atoms with Gasteiger partial charge >= 0.3 is 0 Å². The minimum Gasteiger partial charge on any atom is -0.396 e. The van der Waals surface area contributed by atoms with E-state index in [0.29, 0.717) is 30.0 Å². The van der Waals surface area contributed by atoms with Crippen molar-refractivity contribution < 1.29 is 15.0 Å². The van der Waals surface area contributed by atoms with Gasteiger partial charge in [0.2, 0.25) is 0 Å². The lowest BCUT2D eigenvalue weighted by Gasteiger charge is -2.45. The molecule has 5 heteroatoms. The number of thiocarbonyl (C=S) groups is 1. The molecule has 3 nitrogen and oxygen atoms in total. The fourth-order valence-electron chi connectivity index (χ4n) is 6.91. The number of rotatable bonds is 8. The van der Waals surface area contributed by atoms with Crippen molar-refractivity contribution in [2.45, 2.75) is 89.9 Å². The van der Waals surface area contributed by atoms with Crippen LogP contribution in [0.1, 0.15) is 78.6 Å². The third-order valence-electron chi connectivity index (χ3n) is 8.67. The van der Waals surface area contributed by atoms with Crippen molar-refractivity contribution in [2.24, 2.45) is 35.0 Å². The fourth-order valence-corrected chi connectivity index (χ4v) is 7.15. The first kappa shape index (κ1) is 24.4. The Kier molecular flexibility index (Phi) is 8.25. The van der Waals surface area contributed by atoms with Crippen LogP contribution in [0.5, 0.6) is 0 Å². The summed E-state index contributed by atoms with van der Waals surface area (Å²) >= 11 is 9.97.